The van der Waals surface area contributed by atoms with Crippen LogP contribution in [0.5, 0.6) is 0 Å². The van der Waals surface area contributed by atoms with Crippen LogP contribution in [-0.4, -0.2) is 21.7 Å². The normalized spacial score (nSPS) is 10.8. The smallest absolute Gasteiger partial charge is 0.276 e. The van der Waals surface area contributed by atoms with Gasteiger partial charge in [-0.25, -0.2) is 4.39 Å². The van der Waals surface area contributed by atoms with Crippen LogP contribution >= 0.6 is 23.4 Å². The number of hydrogen-bond donors (Lipinski definition) is 0. The summed E-state index contributed by atoms with van der Waals surface area (Å²) in [6.45, 7) is 0. The molecule has 0 aliphatic rings. The number of benzene rings is 2. The van der Waals surface area contributed by atoms with Crippen LogP contribution in [0.25, 0.3) is 11.5 Å². The zero-order valence-corrected chi connectivity index (χ0v) is 14.7. The highest BCUT2D eigenvalue weighted by Crippen LogP contribution is 2.25. The van der Waals surface area contributed by atoms with Gasteiger partial charge in [0.15, 0.2) is 5.78 Å². The monoisotopic (exact) mass is 376 g/mol. The zero-order valence-electron chi connectivity index (χ0n) is 13.1. The molecule has 1 heterocycles. The summed E-state index contributed by atoms with van der Waals surface area (Å²) in [7, 11) is 0. The molecule has 7 heteroatoms. The lowest BCUT2D eigenvalue weighted by Gasteiger charge is -2.00. The molecule has 0 saturated heterocycles. The SMILES string of the molecule is O=C(CCCSc1nnc(-c2ccc(Cl)cc2)o1)c1ccc(F)cc1. The fraction of sp³-hybridized carbons (Fsp3) is 0.167. The minimum Gasteiger partial charge on any atom is -0.411 e. The highest BCUT2D eigenvalue weighted by atomic mass is 35.5. The van der Waals surface area contributed by atoms with Crippen molar-refractivity contribution in [1.29, 1.82) is 0 Å². The average molecular weight is 377 g/mol. The van der Waals surface area contributed by atoms with E-state index in [2.05, 4.69) is 10.2 Å². The molecule has 0 aliphatic carbocycles. The van der Waals surface area contributed by atoms with Crippen LogP contribution in [0, 0.1) is 5.82 Å². The minimum absolute atomic E-state index is 0.00650. The number of aromatic nitrogens is 2. The predicted molar refractivity (Wildman–Crippen MR) is 95.4 cm³/mol. The van der Waals surface area contributed by atoms with Gasteiger partial charge in [-0.3, -0.25) is 4.79 Å². The molecular weight excluding hydrogens is 363 g/mol. The van der Waals surface area contributed by atoms with Crippen LogP contribution in [0.1, 0.15) is 23.2 Å². The standard InChI is InChI=1S/C18H14ClFN2O2S/c19-14-7-3-13(4-8-14)17-21-22-18(24-17)25-11-1-2-16(23)12-5-9-15(20)10-6-12/h3-10H,1-2,11H2. The Morgan fingerprint density at radius 3 is 2.52 bits per heavy atom. The van der Waals surface area contributed by atoms with Crippen molar-refractivity contribution < 1.29 is 13.6 Å². The Bertz CT molecular complexity index is 850. The molecule has 3 rings (SSSR count). The minimum atomic E-state index is -0.347. The van der Waals surface area contributed by atoms with Crippen molar-refractivity contribution in [2.24, 2.45) is 0 Å². The third kappa shape index (κ3) is 4.90. The Balaban J connectivity index is 1.47. The fourth-order valence-corrected chi connectivity index (χ4v) is 2.98. The molecule has 0 unspecified atom stereocenters. The maximum atomic E-state index is 12.8. The van der Waals surface area contributed by atoms with Gasteiger partial charge in [0.05, 0.1) is 0 Å². The molecule has 0 saturated carbocycles. The lowest BCUT2D eigenvalue weighted by molar-refractivity contribution is 0.0982. The summed E-state index contributed by atoms with van der Waals surface area (Å²) in [4.78, 5) is 12.0. The van der Waals surface area contributed by atoms with Crippen molar-refractivity contribution in [3.8, 4) is 11.5 Å². The number of nitrogens with zero attached hydrogens (tertiary/aromatic N) is 2. The molecule has 128 valence electrons. The highest BCUT2D eigenvalue weighted by molar-refractivity contribution is 7.99. The van der Waals surface area contributed by atoms with Gasteiger partial charge in [0.1, 0.15) is 5.82 Å². The molecule has 4 nitrogen and oxygen atoms in total. The second kappa shape index (κ2) is 8.27. The van der Waals surface area contributed by atoms with Gasteiger partial charge < -0.3 is 4.42 Å². The van der Waals surface area contributed by atoms with Gasteiger partial charge in [-0.1, -0.05) is 23.4 Å². The van der Waals surface area contributed by atoms with Gasteiger partial charge in [0.2, 0.25) is 5.89 Å². The zero-order chi connectivity index (χ0) is 17.6. The molecule has 0 spiro atoms. The van der Waals surface area contributed by atoms with Crippen molar-refractivity contribution >= 4 is 29.1 Å². The van der Waals surface area contributed by atoms with E-state index in [0.717, 1.165) is 5.56 Å². The first kappa shape index (κ1) is 17.6. The topological polar surface area (TPSA) is 56.0 Å². The lowest BCUT2D eigenvalue weighted by Crippen LogP contribution is -1.99. The summed E-state index contributed by atoms with van der Waals surface area (Å²) in [5.41, 5.74) is 1.32. The van der Waals surface area contributed by atoms with Gasteiger partial charge in [-0.05, 0) is 55.0 Å². The summed E-state index contributed by atoms with van der Waals surface area (Å²) < 4.78 is 18.4. The van der Waals surface area contributed by atoms with Crippen LogP contribution in [0.3, 0.4) is 0 Å². The largest absolute Gasteiger partial charge is 0.411 e. The van der Waals surface area contributed by atoms with Crippen LogP contribution in [-0.2, 0) is 0 Å². The lowest BCUT2D eigenvalue weighted by atomic mass is 10.1. The van der Waals surface area contributed by atoms with Crippen LogP contribution in [0.2, 0.25) is 5.02 Å². The molecule has 0 fully saturated rings. The maximum absolute atomic E-state index is 12.8. The Labute approximate surface area is 153 Å². The van der Waals surface area contributed by atoms with Gasteiger partial charge in [0.25, 0.3) is 5.22 Å². The van der Waals surface area contributed by atoms with Crippen molar-refractivity contribution in [3.05, 3.63) is 64.9 Å². The van der Waals surface area contributed by atoms with Gasteiger partial charge in [-0.2, -0.15) is 0 Å². The van der Waals surface area contributed by atoms with E-state index in [1.807, 2.05) is 12.1 Å². The van der Waals surface area contributed by atoms with Crippen LogP contribution in [0.15, 0.2) is 58.2 Å². The quantitative estimate of drug-likeness (QED) is 0.319. The molecule has 25 heavy (non-hydrogen) atoms. The molecule has 0 atom stereocenters. The van der Waals surface area contributed by atoms with Gasteiger partial charge in [-0.15, -0.1) is 10.2 Å². The third-order valence-corrected chi connectivity index (χ3v) is 4.59. The van der Waals surface area contributed by atoms with E-state index in [1.165, 1.54) is 36.0 Å². The Kier molecular flexibility index (Phi) is 5.83. The summed E-state index contributed by atoms with van der Waals surface area (Å²) in [6, 6.07) is 12.7. The van der Waals surface area contributed by atoms with E-state index >= 15 is 0 Å². The van der Waals surface area contributed by atoms with Crippen LogP contribution in [0.4, 0.5) is 4.39 Å². The first-order valence-corrected chi connectivity index (χ1v) is 8.99. The molecule has 1 aromatic heterocycles. The Morgan fingerprint density at radius 2 is 1.80 bits per heavy atom. The summed E-state index contributed by atoms with van der Waals surface area (Å²) in [5, 5.41) is 9.09. The second-order valence-electron chi connectivity index (χ2n) is 5.26. The maximum Gasteiger partial charge on any atom is 0.276 e. The number of thioether (sulfide) groups is 1. The molecule has 2 aromatic carbocycles. The molecule has 3 aromatic rings. The Hall–Kier alpha value is -2.18. The molecule has 0 aliphatic heterocycles. The van der Waals surface area contributed by atoms with Crippen molar-refractivity contribution in [2.45, 2.75) is 18.1 Å². The molecular formula is C18H14ClFN2O2S. The third-order valence-electron chi connectivity index (χ3n) is 3.44. The number of halogens is 2. The summed E-state index contributed by atoms with van der Waals surface area (Å²) in [5.74, 6) is 0.754. The van der Waals surface area contributed by atoms with E-state index in [-0.39, 0.29) is 11.6 Å². The average Bonchev–Trinajstić information content (AvgIpc) is 3.09. The van der Waals surface area contributed by atoms with E-state index in [4.69, 9.17) is 16.0 Å². The summed E-state index contributed by atoms with van der Waals surface area (Å²) >= 11 is 7.25. The number of Topliss-reactive ketones (excluding diaryl/α,β-unsaturated/α-hetero) is 1. The first-order valence-electron chi connectivity index (χ1n) is 7.63. The molecule has 0 N–H and O–H groups in total. The number of carbonyl (C=O) groups is 1. The molecule has 0 bridgehead atoms. The van der Waals surface area contributed by atoms with E-state index in [0.29, 0.717) is 40.3 Å². The second-order valence-corrected chi connectivity index (χ2v) is 6.74. The number of carbonyl (C=O) groups excluding carboxylic acids is 1. The molecule has 0 amide bonds. The van der Waals surface area contributed by atoms with Crippen molar-refractivity contribution in [1.82, 2.24) is 10.2 Å². The van der Waals surface area contributed by atoms with E-state index in [1.54, 1.807) is 12.1 Å². The first-order chi connectivity index (χ1) is 12.1. The number of ketones is 1. The summed E-state index contributed by atoms with van der Waals surface area (Å²) in [6.07, 6.45) is 1.05. The van der Waals surface area contributed by atoms with Crippen molar-refractivity contribution in [3.63, 3.8) is 0 Å². The van der Waals surface area contributed by atoms with Crippen LogP contribution < -0.4 is 0 Å². The number of rotatable bonds is 7. The van der Waals surface area contributed by atoms with E-state index in [9.17, 15) is 9.18 Å². The Morgan fingerprint density at radius 1 is 1.08 bits per heavy atom. The van der Waals surface area contributed by atoms with Crippen molar-refractivity contribution in [2.75, 3.05) is 5.75 Å². The van der Waals surface area contributed by atoms with Gasteiger partial charge >= 0.3 is 0 Å². The molecule has 0 radical (unpaired) electrons. The number of hydrogen-bond acceptors (Lipinski definition) is 5. The highest BCUT2D eigenvalue weighted by Gasteiger charge is 2.10. The predicted octanol–water partition coefficient (Wildman–Crippen LogP) is 5.28. The fourth-order valence-electron chi connectivity index (χ4n) is 2.15. The van der Waals surface area contributed by atoms with Gasteiger partial charge in [0, 0.05) is 28.3 Å². The van der Waals surface area contributed by atoms with E-state index < -0.39 is 0 Å².